The van der Waals surface area contributed by atoms with Crippen molar-refractivity contribution in [3.8, 4) is 0 Å². The molecule has 2 aliphatic heterocycles. The van der Waals surface area contributed by atoms with Crippen LogP contribution < -0.4 is 5.32 Å². The Morgan fingerprint density at radius 1 is 1.38 bits per heavy atom. The first-order chi connectivity index (χ1) is 11.5. The maximum Gasteiger partial charge on any atom is 0.251 e. The van der Waals surface area contributed by atoms with Crippen molar-refractivity contribution in [3.63, 3.8) is 0 Å². The SMILES string of the molecule is CC(C)C(=O)N1CC2(C1)OCC[C@H]2CCNC(=O)c1ccncc1. The third kappa shape index (κ3) is 3.29. The summed E-state index contributed by atoms with van der Waals surface area (Å²) >= 11 is 0. The van der Waals surface area contributed by atoms with Gasteiger partial charge in [-0.05, 0) is 30.9 Å². The molecule has 3 rings (SSSR count). The number of carbonyl (C=O) groups is 2. The molecule has 0 bridgehead atoms. The van der Waals surface area contributed by atoms with Gasteiger partial charge < -0.3 is 15.0 Å². The number of ether oxygens (including phenoxy) is 1. The first-order valence-corrected chi connectivity index (χ1v) is 8.63. The molecule has 2 amide bonds. The molecule has 0 aliphatic carbocycles. The maximum atomic E-state index is 12.1. The molecule has 2 fully saturated rings. The molecule has 1 spiro atoms. The zero-order valence-corrected chi connectivity index (χ0v) is 14.3. The number of hydrogen-bond acceptors (Lipinski definition) is 4. The summed E-state index contributed by atoms with van der Waals surface area (Å²) in [5.41, 5.74) is 0.436. The zero-order chi connectivity index (χ0) is 17.2. The van der Waals surface area contributed by atoms with Crippen LogP contribution in [0.5, 0.6) is 0 Å². The highest BCUT2D eigenvalue weighted by Crippen LogP contribution is 2.41. The number of likely N-dealkylation sites (tertiary alicyclic amines) is 1. The molecule has 3 heterocycles. The molecule has 130 valence electrons. The van der Waals surface area contributed by atoms with Gasteiger partial charge in [-0.2, -0.15) is 0 Å². The van der Waals surface area contributed by atoms with Crippen molar-refractivity contribution < 1.29 is 14.3 Å². The summed E-state index contributed by atoms with van der Waals surface area (Å²) in [5, 5.41) is 2.96. The van der Waals surface area contributed by atoms with Crippen LogP contribution in [0.25, 0.3) is 0 Å². The lowest BCUT2D eigenvalue weighted by Crippen LogP contribution is -2.66. The lowest BCUT2D eigenvalue weighted by atomic mass is 9.78. The number of nitrogens with zero attached hydrogens (tertiary/aromatic N) is 2. The lowest BCUT2D eigenvalue weighted by Gasteiger charge is -2.50. The summed E-state index contributed by atoms with van der Waals surface area (Å²) < 4.78 is 5.98. The first-order valence-electron chi connectivity index (χ1n) is 8.63. The van der Waals surface area contributed by atoms with E-state index in [2.05, 4.69) is 10.3 Å². The van der Waals surface area contributed by atoms with E-state index in [9.17, 15) is 9.59 Å². The van der Waals surface area contributed by atoms with Crippen LogP contribution in [-0.2, 0) is 9.53 Å². The van der Waals surface area contributed by atoms with Gasteiger partial charge in [-0.1, -0.05) is 13.8 Å². The topological polar surface area (TPSA) is 71.5 Å². The van der Waals surface area contributed by atoms with Crippen molar-refractivity contribution in [3.05, 3.63) is 30.1 Å². The predicted molar refractivity (Wildman–Crippen MR) is 89.4 cm³/mol. The minimum atomic E-state index is -0.189. The summed E-state index contributed by atoms with van der Waals surface area (Å²) in [4.78, 5) is 29.9. The van der Waals surface area contributed by atoms with Gasteiger partial charge in [0.15, 0.2) is 0 Å². The molecular formula is C18H25N3O3. The molecule has 2 saturated heterocycles. The third-order valence-corrected chi connectivity index (χ3v) is 5.04. The fraction of sp³-hybridized carbons (Fsp3) is 0.611. The maximum absolute atomic E-state index is 12.1. The normalized spacial score (nSPS) is 21.8. The minimum Gasteiger partial charge on any atom is -0.371 e. The molecule has 1 aromatic heterocycles. The number of pyridine rings is 1. The van der Waals surface area contributed by atoms with E-state index >= 15 is 0 Å². The monoisotopic (exact) mass is 331 g/mol. The average molecular weight is 331 g/mol. The highest BCUT2D eigenvalue weighted by Gasteiger charge is 2.54. The van der Waals surface area contributed by atoms with Crippen LogP contribution >= 0.6 is 0 Å². The van der Waals surface area contributed by atoms with Crippen molar-refractivity contribution in [2.24, 2.45) is 11.8 Å². The first kappa shape index (κ1) is 16.9. The molecule has 6 heteroatoms. The molecule has 0 radical (unpaired) electrons. The second-order valence-corrected chi connectivity index (χ2v) is 7.03. The smallest absolute Gasteiger partial charge is 0.251 e. The molecule has 24 heavy (non-hydrogen) atoms. The number of hydrogen-bond donors (Lipinski definition) is 1. The second-order valence-electron chi connectivity index (χ2n) is 7.03. The Balaban J connectivity index is 1.47. The Hall–Kier alpha value is -1.95. The summed E-state index contributed by atoms with van der Waals surface area (Å²) in [5.74, 6) is 0.546. The summed E-state index contributed by atoms with van der Waals surface area (Å²) in [6, 6.07) is 3.41. The van der Waals surface area contributed by atoms with Gasteiger partial charge in [-0.3, -0.25) is 14.6 Å². The van der Waals surface area contributed by atoms with Crippen LogP contribution in [0, 0.1) is 11.8 Å². The number of amides is 2. The van der Waals surface area contributed by atoms with Gasteiger partial charge in [0, 0.05) is 37.0 Å². The van der Waals surface area contributed by atoms with Crippen molar-refractivity contribution in [2.75, 3.05) is 26.2 Å². The van der Waals surface area contributed by atoms with Crippen molar-refractivity contribution in [1.82, 2.24) is 15.2 Å². The fourth-order valence-corrected chi connectivity index (χ4v) is 3.63. The van der Waals surface area contributed by atoms with E-state index in [0.29, 0.717) is 31.1 Å². The van der Waals surface area contributed by atoms with Gasteiger partial charge >= 0.3 is 0 Å². The minimum absolute atomic E-state index is 0.0295. The van der Waals surface area contributed by atoms with Crippen LogP contribution in [0.4, 0.5) is 0 Å². The highest BCUT2D eigenvalue weighted by atomic mass is 16.5. The third-order valence-electron chi connectivity index (χ3n) is 5.04. The molecule has 1 atom stereocenters. The summed E-state index contributed by atoms with van der Waals surface area (Å²) in [7, 11) is 0. The standard InChI is InChI=1S/C18H25N3O3/c1-13(2)17(23)21-11-18(12-21)15(6-10-24-18)5-9-20-16(22)14-3-7-19-8-4-14/h3-4,7-8,13,15H,5-6,9-12H2,1-2H3,(H,20,22)/t15-/m1/s1. The van der Waals surface area contributed by atoms with E-state index < -0.39 is 0 Å². The fourth-order valence-electron chi connectivity index (χ4n) is 3.63. The van der Waals surface area contributed by atoms with E-state index in [-0.39, 0.29) is 23.3 Å². The number of rotatable bonds is 5. The second kappa shape index (κ2) is 6.89. The number of carbonyl (C=O) groups excluding carboxylic acids is 2. The molecule has 2 aliphatic rings. The van der Waals surface area contributed by atoms with E-state index in [1.54, 1.807) is 24.5 Å². The Morgan fingerprint density at radius 2 is 2.08 bits per heavy atom. The Labute approximate surface area is 142 Å². The van der Waals surface area contributed by atoms with Crippen molar-refractivity contribution in [1.29, 1.82) is 0 Å². The van der Waals surface area contributed by atoms with Gasteiger partial charge in [0.05, 0.1) is 13.1 Å². The van der Waals surface area contributed by atoms with Gasteiger partial charge in [0.1, 0.15) is 5.60 Å². The molecule has 1 aromatic rings. The van der Waals surface area contributed by atoms with E-state index in [1.165, 1.54) is 0 Å². The predicted octanol–water partition coefficient (Wildman–Crippen LogP) is 1.47. The van der Waals surface area contributed by atoms with Crippen LogP contribution in [0.3, 0.4) is 0 Å². The molecule has 6 nitrogen and oxygen atoms in total. The summed E-state index contributed by atoms with van der Waals surface area (Å²) in [6.45, 7) is 6.59. The van der Waals surface area contributed by atoms with Crippen LogP contribution in [-0.4, -0.2) is 53.5 Å². The van der Waals surface area contributed by atoms with Gasteiger partial charge in [0.25, 0.3) is 5.91 Å². The Morgan fingerprint density at radius 3 is 2.75 bits per heavy atom. The summed E-state index contributed by atoms with van der Waals surface area (Å²) in [6.07, 6.45) is 5.10. The van der Waals surface area contributed by atoms with Gasteiger partial charge in [0.2, 0.25) is 5.91 Å². The van der Waals surface area contributed by atoms with Gasteiger partial charge in [-0.25, -0.2) is 0 Å². The largest absolute Gasteiger partial charge is 0.371 e. The lowest BCUT2D eigenvalue weighted by molar-refractivity contribution is -0.168. The number of aromatic nitrogens is 1. The van der Waals surface area contributed by atoms with Gasteiger partial charge in [-0.15, -0.1) is 0 Å². The van der Waals surface area contributed by atoms with Crippen molar-refractivity contribution in [2.45, 2.75) is 32.3 Å². The average Bonchev–Trinajstić information content (AvgIpc) is 2.97. The van der Waals surface area contributed by atoms with Crippen LogP contribution in [0.1, 0.15) is 37.0 Å². The van der Waals surface area contributed by atoms with E-state index in [0.717, 1.165) is 19.4 Å². The Bertz CT molecular complexity index is 597. The zero-order valence-electron chi connectivity index (χ0n) is 14.3. The number of nitrogens with one attached hydrogen (secondary N) is 1. The molecule has 0 aromatic carbocycles. The Kier molecular flexibility index (Phi) is 4.85. The van der Waals surface area contributed by atoms with E-state index in [1.807, 2.05) is 18.7 Å². The van der Waals surface area contributed by atoms with Crippen LogP contribution in [0.15, 0.2) is 24.5 Å². The highest BCUT2D eigenvalue weighted by molar-refractivity contribution is 5.93. The van der Waals surface area contributed by atoms with E-state index in [4.69, 9.17) is 4.74 Å². The van der Waals surface area contributed by atoms with Crippen molar-refractivity contribution >= 4 is 11.8 Å². The molecule has 0 unspecified atom stereocenters. The molecule has 0 saturated carbocycles. The molecule has 1 N–H and O–H groups in total. The van der Waals surface area contributed by atoms with Crippen LogP contribution in [0.2, 0.25) is 0 Å². The quantitative estimate of drug-likeness (QED) is 0.887. The molecular weight excluding hydrogens is 306 g/mol.